The number of hydrogen-bond donors (Lipinski definition) is 0. The van der Waals surface area contributed by atoms with E-state index in [-0.39, 0.29) is 18.0 Å². The van der Waals surface area contributed by atoms with Gasteiger partial charge in [0.15, 0.2) is 0 Å². The molecular formula is C17H19NO2. The van der Waals surface area contributed by atoms with E-state index in [0.29, 0.717) is 0 Å². The highest BCUT2D eigenvalue weighted by molar-refractivity contribution is 5.99. The van der Waals surface area contributed by atoms with Crippen LogP contribution >= 0.6 is 0 Å². The molecule has 0 radical (unpaired) electrons. The van der Waals surface area contributed by atoms with E-state index in [1.54, 1.807) is 0 Å². The van der Waals surface area contributed by atoms with Crippen molar-refractivity contribution in [2.75, 3.05) is 19.0 Å². The number of carbonyl (C=O) groups is 1. The maximum Gasteiger partial charge on any atom is 0.313 e. The van der Waals surface area contributed by atoms with Crippen LogP contribution in [-0.4, -0.2) is 26.2 Å². The fourth-order valence-electron chi connectivity index (χ4n) is 3.01. The van der Waals surface area contributed by atoms with Crippen LogP contribution in [0.5, 0.6) is 0 Å². The Hall–Kier alpha value is -2.03. The summed E-state index contributed by atoms with van der Waals surface area (Å²) in [5.41, 5.74) is 2.25. The van der Waals surface area contributed by atoms with Gasteiger partial charge in [0.1, 0.15) is 6.10 Å². The Kier molecular flexibility index (Phi) is 3.13. The maximum atomic E-state index is 12.0. The Morgan fingerprint density at radius 1 is 1.10 bits per heavy atom. The Labute approximate surface area is 119 Å². The number of rotatable bonds is 2. The normalized spacial score (nSPS) is 22.1. The van der Waals surface area contributed by atoms with Crippen LogP contribution in [0.15, 0.2) is 36.4 Å². The molecule has 0 amide bonds. The predicted molar refractivity (Wildman–Crippen MR) is 81.2 cm³/mol. The van der Waals surface area contributed by atoms with Gasteiger partial charge in [-0.15, -0.1) is 0 Å². The van der Waals surface area contributed by atoms with Crippen LogP contribution in [0.4, 0.5) is 5.69 Å². The lowest BCUT2D eigenvalue weighted by atomic mass is 9.90. The van der Waals surface area contributed by atoms with Gasteiger partial charge < -0.3 is 9.64 Å². The van der Waals surface area contributed by atoms with Gasteiger partial charge in [-0.05, 0) is 23.9 Å². The maximum absolute atomic E-state index is 12.0. The minimum atomic E-state index is -0.133. The highest BCUT2D eigenvalue weighted by Crippen LogP contribution is 2.37. The van der Waals surface area contributed by atoms with E-state index < -0.39 is 0 Å². The largest absolute Gasteiger partial charge is 0.462 e. The van der Waals surface area contributed by atoms with E-state index in [0.717, 1.165) is 17.4 Å². The van der Waals surface area contributed by atoms with E-state index in [1.807, 2.05) is 33.2 Å². The summed E-state index contributed by atoms with van der Waals surface area (Å²) in [7, 11) is 4.07. The van der Waals surface area contributed by atoms with Crippen LogP contribution in [0, 0.1) is 0 Å². The Morgan fingerprint density at radius 2 is 1.80 bits per heavy atom. The quantitative estimate of drug-likeness (QED) is 0.783. The third-order valence-electron chi connectivity index (χ3n) is 3.96. The van der Waals surface area contributed by atoms with Gasteiger partial charge in [-0.1, -0.05) is 30.3 Å². The molecule has 2 aromatic rings. The zero-order valence-corrected chi connectivity index (χ0v) is 12.1. The number of anilines is 1. The molecule has 0 N–H and O–H groups in total. The first-order chi connectivity index (χ1) is 9.58. The standard InChI is InChI=1S/C17H19NO2/c1-11-10-15(17(19)20-11)13-8-9-16(18(2)3)14-7-5-4-6-12(13)14/h4-9,11,15H,10H2,1-3H3/t11-,15-/m0/s1. The summed E-state index contributed by atoms with van der Waals surface area (Å²) < 4.78 is 5.31. The van der Waals surface area contributed by atoms with Crippen molar-refractivity contribution in [2.45, 2.75) is 25.4 Å². The van der Waals surface area contributed by atoms with Gasteiger partial charge in [0.2, 0.25) is 0 Å². The second-order valence-electron chi connectivity index (χ2n) is 5.65. The van der Waals surface area contributed by atoms with Gasteiger partial charge >= 0.3 is 5.97 Å². The molecule has 1 heterocycles. The first-order valence-electron chi connectivity index (χ1n) is 6.97. The zero-order chi connectivity index (χ0) is 14.3. The van der Waals surface area contributed by atoms with Crippen molar-refractivity contribution in [1.82, 2.24) is 0 Å². The first kappa shape index (κ1) is 13.0. The van der Waals surface area contributed by atoms with Crippen LogP contribution in [0.1, 0.15) is 24.8 Å². The van der Waals surface area contributed by atoms with E-state index in [4.69, 9.17) is 4.74 Å². The fourth-order valence-corrected chi connectivity index (χ4v) is 3.01. The summed E-state index contributed by atoms with van der Waals surface area (Å²) in [4.78, 5) is 14.1. The van der Waals surface area contributed by atoms with Crippen LogP contribution in [0.3, 0.4) is 0 Å². The molecule has 0 bridgehead atoms. The molecule has 0 aliphatic carbocycles. The molecule has 3 heteroatoms. The van der Waals surface area contributed by atoms with Gasteiger partial charge in [-0.2, -0.15) is 0 Å². The van der Waals surface area contributed by atoms with Gasteiger partial charge in [0.25, 0.3) is 0 Å². The molecule has 2 atom stereocenters. The second-order valence-corrected chi connectivity index (χ2v) is 5.65. The van der Waals surface area contributed by atoms with E-state index in [2.05, 4.69) is 29.2 Å². The Balaban J connectivity index is 2.18. The summed E-state index contributed by atoms with van der Waals surface area (Å²) in [5.74, 6) is -0.230. The van der Waals surface area contributed by atoms with Crippen molar-refractivity contribution in [3.05, 3.63) is 42.0 Å². The summed E-state index contributed by atoms with van der Waals surface area (Å²) in [6, 6.07) is 12.4. The van der Waals surface area contributed by atoms with Crippen LogP contribution in [-0.2, 0) is 9.53 Å². The predicted octanol–water partition coefficient (Wildman–Crippen LogP) is 3.32. The van der Waals surface area contributed by atoms with Crippen molar-refractivity contribution in [3.8, 4) is 0 Å². The van der Waals surface area contributed by atoms with Gasteiger partial charge in [-0.25, -0.2) is 0 Å². The van der Waals surface area contributed by atoms with E-state index in [9.17, 15) is 4.79 Å². The van der Waals surface area contributed by atoms with E-state index >= 15 is 0 Å². The lowest BCUT2D eigenvalue weighted by molar-refractivity contribution is -0.141. The molecule has 1 fully saturated rings. The molecule has 20 heavy (non-hydrogen) atoms. The molecule has 3 nitrogen and oxygen atoms in total. The van der Waals surface area contributed by atoms with E-state index in [1.165, 1.54) is 11.1 Å². The minimum absolute atomic E-state index is 0.0137. The van der Waals surface area contributed by atoms with Crippen molar-refractivity contribution in [1.29, 1.82) is 0 Å². The highest BCUT2D eigenvalue weighted by Gasteiger charge is 2.34. The number of benzene rings is 2. The molecule has 0 saturated carbocycles. The van der Waals surface area contributed by atoms with Crippen molar-refractivity contribution >= 4 is 22.4 Å². The molecule has 2 aromatic carbocycles. The SMILES string of the molecule is C[C@H]1C[C@@H](c2ccc(N(C)C)c3ccccc23)C(=O)O1. The number of hydrogen-bond acceptors (Lipinski definition) is 3. The topological polar surface area (TPSA) is 29.5 Å². The van der Waals surface area contributed by atoms with Gasteiger partial charge in [0, 0.05) is 31.6 Å². The van der Waals surface area contributed by atoms with Crippen LogP contribution in [0.25, 0.3) is 10.8 Å². The monoisotopic (exact) mass is 269 g/mol. The van der Waals surface area contributed by atoms with Crippen LogP contribution < -0.4 is 4.90 Å². The van der Waals surface area contributed by atoms with Crippen molar-refractivity contribution in [2.24, 2.45) is 0 Å². The molecular weight excluding hydrogens is 250 g/mol. The lowest BCUT2D eigenvalue weighted by Gasteiger charge is -2.18. The van der Waals surface area contributed by atoms with Gasteiger partial charge in [0.05, 0.1) is 5.92 Å². The second kappa shape index (κ2) is 4.82. The Bertz CT molecular complexity index is 663. The molecule has 0 unspecified atom stereocenters. The van der Waals surface area contributed by atoms with Crippen molar-refractivity contribution < 1.29 is 9.53 Å². The fraction of sp³-hybridized carbons (Fsp3) is 0.353. The van der Waals surface area contributed by atoms with Gasteiger partial charge in [-0.3, -0.25) is 4.79 Å². The molecule has 104 valence electrons. The third kappa shape index (κ3) is 2.03. The minimum Gasteiger partial charge on any atom is -0.462 e. The Morgan fingerprint density at radius 3 is 2.40 bits per heavy atom. The third-order valence-corrected chi connectivity index (χ3v) is 3.96. The molecule has 1 saturated heterocycles. The molecule has 0 aromatic heterocycles. The highest BCUT2D eigenvalue weighted by atomic mass is 16.5. The summed E-state index contributed by atoms with van der Waals surface area (Å²) >= 11 is 0. The first-order valence-corrected chi connectivity index (χ1v) is 6.97. The summed E-state index contributed by atoms with van der Waals surface area (Å²) in [6.45, 7) is 1.95. The average Bonchev–Trinajstić information content (AvgIpc) is 2.76. The molecule has 1 aliphatic heterocycles. The number of esters is 1. The molecule has 0 spiro atoms. The molecule has 3 rings (SSSR count). The number of cyclic esters (lactones) is 1. The number of ether oxygens (including phenoxy) is 1. The summed E-state index contributed by atoms with van der Waals surface area (Å²) in [5, 5.41) is 2.33. The summed E-state index contributed by atoms with van der Waals surface area (Å²) in [6.07, 6.45) is 0.782. The number of nitrogens with zero attached hydrogens (tertiary/aromatic N) is 1. The van der Waals surface area contributed by atoms with Crippen molar-refractivity contribution in [3.63, 3.8) is 0 Å². The number of fused-ring (bicyclic) bond motifs is 1. The smallest absolute Gasteiger partial charge is 0.313 e. The lowest BCUT2D eigenvalue weighted by Crippen LogP contribution is -2.11. The number of carbonyl (C=O) groups excluding carboxylic acids is 1. The molecule has 1 aliphatic rings. The van der Waals surface area contributed by atoms with Crippen LogP contribution in [0.2, 0.25) is 0 Å². The average molecular weight is 269 g/mol. The zero-order valence-electron chi connectivity index (χ0n) is 12.1.